The van der Waals surface area contributed by atoms with Gasteiger partial charge in [0, 0.05) is 29.3 Å². The standard InChI is InChI=1S/C18H15ClN4O2/c1-25-16-7-6-14(11-15(16)19)22-17(24)12-4-2-5-13(10-12)23-18-20-8-3-9-21-18/h2-11H,1H3,(H,22,24)(H,20,21,23). The molecule has 0 unspecified atom stereocenters. The van der Waals surface area contributed by atoms with E-state index >= 15 is 0 Å². The lowest BCUT2D eigenvalue weighted by molar-refractivity contribution is 0.102. The van der Waals surface area contributed by atoms with E-state index in [9.17, 15) is 4.79 Å². The van der Waals surface area contributed by atoms with Gasteiger partial charge in [-0.2, -0.15) is 0 Å². The number of amides is 1. The van der Waals surface area contributed by atoms with Crippen molar-refractivity contribution in [1.29, 1.82) is 0 Å². The van der Waals surface area contributed by atoms with Crippen molar-refractivity contribution in [2.75, 3.05) is 17.7 Å². The number of carbonyl (C=O) groups is 1. The first-order valence-corrected chi connectivity index (χ1v) is 7.82. The van der Waals surface area contributed by atoms with Crippen molar-refractivity contribution in [2.24, 2.45) is 0 Å². The molecule has 0 saturated carbocycles. The van der Waals surface area contributed by atoms with E-state index in [0.717, 1.165) is 0 Å². The third-order valence-corrected chi connectivity index (χ3v) is 3.65. The van der Waals surface area contributed by atoms with E-state index < -0.39 is 0 Å². The molecule has 2 aromatic carbocycles. The van der Waals surface area contributed by atoms with Crippen molar-refractivity contribution in [3.63, 3.8) is 0 Å². The van der Waals surface area contributed by atoms with E-state index in [0.29, 0.717) is 33.7 Å². The minimum absolute atomic E-state index is 0.251. The van der Waals surface area contributed by atoms with Gasteiger partial charge in [0.2, 0.25) is 5.95 Å². The molecule has 0 aliphatic carbocycles. The lowest BCUT2D eigenvalue weighted by atomic mass is 10.2. The summed E-state index contributed by atoms with van der Waals surface area (Å²) in [4.78, 5) is 20.6. The largest absolute Gasteiger partial charge is 0.495 e. The number of halogens is 1. The predicted octanol–water partition coefficient (Wildman–Crippen LogP) is 4.13. The van der Waals surface area contributed by atoms with Gasteiger partial charge in [-0.05, 0) is 42.5 Å². The molecule has 0 bridgehead atoms. The molecule has 0 radical (unpaired) electrons. The highest BCUT2D eigenvalue weighted by molar-refractivity contribution is 6.32. The Labute approximate surface area is 149 Å². The Morgan fingerprint density at radius 1 is 1.04 bits per heavy atom. The molecule has 0 aliphatic heterocycles. The predicted molar refractivity (Wildman–Crippen MR) is 97.7 cm³/mol. The molecule has 0 atom stereocenters. The highest BCUT2D eigenvalue weighted by Crippen LogP contribution is 2.27. The number of carbonyl (C=O) groups excluding carboxylic acids is 1. The second-order valence-corrected chi connectivity index (χ2v) is 5.49. The smallest absolute Gasteiger partial charge is 0.255 e. The van der Waals surface area contributed by atoms with Crippen molar-refractivity contribution in [2.45, 2.75) is 0 Å². The SMILES string of the molecule is COc1ccc(NC(=O)c2cccc(Nc3ncccn3)c2)cc1Cl. The average molecular weight is 355 g/mol. The minimum atomic E-state index is -0.251. The molecule has 1 heterocycles. The number of anilines is 3. The van der Waals surface area contributed by atoms with Crippen LogP contribution < -0.4 is 15.4 Å². The van der Waals surface area contributed by atoms with E-state index in [4.69, 9.17) is 16.3 Å². The lowest BCUT2D eigenvalue weighted by Gasteiger charge is -2.09. The minimum Gasteiger partial charge on any atom is -0.495 e. The van der Waals surface area contributed by atoms with Gasteiger partial charge in [-0.25, -0.2) is 9.97 Å². The Balaban J connectivity index is 1.74. The van der Waals surface area contributed by atoms with E-state index in [1.54, 1.807) is 54.9 Å². The molecular formula is C18H15ClN4O2. The third-order valence-electron chi connectivity index (χ3n) is 3.36. The Morgan fingerprint density at radius 2 is 1.84 bits per heavy atom. The second-order valence-electron chi connectivity index (χ2n) is 5.08. The summed E-state index contributed by atoms with van der Waals surface area (Å²) in [5.41, 5.74) is 1.79. The van der Waals surface area contributed by atoms with Gasteiger partial charge in [0.1, 0.15) is 5.75 Å². The summed E-state index contributed by atoms with van der Waals surface area (Å²) < 4.78 is 5.10. The van der Waals surface area contributed by atoms with E-state index in [1.165, 1.54) is 7.11 Å². The first-order valence-electron chi connectivity index (χ1n) is 7.45. The molecule has 0 spiro atoms. The molecule has 3 aromatic rings. The van der Waals surface area contributed by atoms with Crippen LogP contribution in [0.3, 0.4) is 0 Å². The summed E-state index contributed by atoms with van der Waals surface area (Å²) in [6, 6.07) is 13.8. The molecule has 0 aliphatic rings. The van der Waals surface area contributed by atoms with Gasteiger partial charge in [-0.1, -0.05) is 17.7 Å². The Hall–Kier alpha value is -3.12. The van der Waals surface area contributed by atoms with Crippen molar-refractivity contribution in [1.82, 2.24) is 9.97 Å². The van der Waals surface area contributed by atoms with Gasteiger partial charge >= 0.3 is 0 Å². The maximum absolute atomic E-state index is 12.4. The monoisotopic (exact) mass is 354 g/mol. The van der Waals surface area contributed by atoms with Crippen LogP contribution in [-0.4, -0.2) is 23.0 Å². The molecular weight excluding hydrogens is 340 g/mol. The number of hydrogen-bond donors (Lipinski definition) is 2. The van der Waals surface area contributed by atoms with E-state index in [2.05, 4.69) is 20.6 Å². The maximum Gasteiger partial charge on any atom is 0.255 e. The summed E-state index contributed by atoms with van der Waals surface area (Å²) in [6.45, 7) is 0. The van der Waals surface area contributed by atoms with Crippen molar-refractivity contribution in [3.05, 3.63) is 71.5 Å². The van der Waals surface area contributed by atoms with Crippen LogP contribution in [0, 0.1) is 0 Å². The van der Waals surface area contributed by atoms with Gasteiger partial charge in [-0.15, -0.1) is 0 Å². The number of nitrogens with one attached hydrogen (secondary N) is 2. The zero-order valence-corrected chi connectivity index (χ0v) is 14.1. The molecule has 6 nitrogen and oxygen atoms in total. The third kappa shape index (κ3) is 4.24. The van der Waals surface area contributed by atoms with Gasteiger partial charge in [0.25, 0.3) is 5.91 Å². The number of hydrogen-bond acceptors (Lipinski definition) is 5. The molecule has 1 amide bonds. The van der Waals surface area contributed by atoms with Crippen LogP contribution in [0.5, 0.6) is 5.75 Å². The molecule has 126 valence electrons. The van der Waals surface area contributed by atoms with Crippen LogP contribution in [-0.2, 0) is 0 Å². The van der Waals surface area contributed by atoms with Crippen molar-refractivity contribution in [3.8, 4) is 5.75 Å². The van der Waals surface area contributed by atoms with Gasteiger partial charge < -0.3 is 15.4 Å². The Kier molecular flexibility index (Phi) is 5.11. The maximum atomic E-state index is 12.4. The number of aromatic nitrogens is 2. The summed E-state index contributed by atoms with van der Waals surface area (Å²) in [6.07, 6.45) is 3.28. The van der Waals surface area contributed by atoms with Gasteiger partial charge in [0.05, 0.1) is 12.1 Å². The number of ether oxygens (including phenoxy) is 1. The van der Waals surface area contributed by atoms with E-state index in [1.807, 2.05) is 6.07 Å². The first-order chi connectivity index (χ1) is 12.2. The fraction of sp³-hybridized carbons (Fsp3) is 0.0556. The number of benzene rings is 2. The van der Waals surface area contributed by atoms with Gasteiger partial charge in [0.15, 0.2) is 0 Å². The molecule has 7 heteroatoms. The Morgan fingerprint density at radius 3 is 2.56 bits per heavy atom. The zero-order valence-electron chi connectivity index (χ0n) is 13.4. The lowest BCUT2D eigenvalue weighted by Crippen LogP contribution is -2.12. The van der Waals surface area contributed by atoms with Crippen molar-refractivity contribution < 1.29 is 9.53 Å². The van der Waals surface area contributed by atoms with Crippen LogP contribution in [0.15, 0.2) is 60.9 Å². The van der Waals surface area contributed by atoms with Crippen LogP contribution in [0.2, 0.25) is 5.02 Å². The van der Waals surface area contributed by atoms with Crippen LogP contribution in [0.25, 0.3) is 0 Å². The first kappa shape index (κ1) is 16.7. The summed E-state index contributed by atoms with van der Waals surface area (Å²) in [7, 11) is 1.54. The second kappa shape index (κ2) is 7.63. The topological polar surface area (TPSA) is 76.1 Å². The summed E-state index contributed by atoms with van der Waals surface area (Å²) in [5.74, 6) is 0.759. The molecule has 3 rings (SSSR count). The van der Waals surface area contributed by atoms with E-state index in [-0.39, 0.29) is 5.91 Å². The quantitative estimate of drug-likeness (QED) is 0.720. The fourth-order valence-electron chi connectivity index (χ4n) is 2.18. The van der Waals surface area contributed by atoms with Gasteiger partial charge in [-0.3, -0.25) is 4.79 Å². The van der Waals surface area contributed by atoms with Crippen LogP contribution >= 0.6 is 11.6 Å². The molecule has 0 fully saturated rings. The fourth-order valence-corrected chi connectivity index (χ4v) is 2.44. The molecule has 1 aromatic heterocycles. The average Bonchev–Trinajstić information content (AvgIpc) is 2.63. The van der Waals surface area contributed by atoms with Crippen molar-refractivity contribution >= 4 is 34.8 Å². The van der Waals surface area contributed by atoms with Crippen LogP contribution in [0.1, 0.15) is 10.4 Å². The molecule has 2 N–H and O–H groups in total. The van der Waals surface area contributed by atoms with Crippen LogP contribution in [0.4, 0.5) is 17.3 Å². The number of nitrogens with zero attached hydrogens (tertiary/aromatic N) is 2. The molecule has 0 saturated heterocycles. The molecule has 25 heavy (non-hydrogen) atoms. The zero-order chi connectivity index (χ0) is 17.6. The summed E-state index contributed by atoms with van der Waals surface area (Å²) in [5, 5.41) is 6.28. The number of methoxy groups -OCH3 is 1. The number of rotatable bonds is 5. The summed E-state index contributed by atoms with van der Waals surface area (Å²) >= 11 is 6.07. The highest BCUT2D eigenvalue weighted by Gasteiger charge is 2.09. The normalized spacial score (nSPS) is 10.2. The highest BCUT2D eigenvalue weighted by atomic mass is 35.5. The Bertz CT molecular complexity index is 887.